The first-order valence-electron chi connectivity index (χ1n) is 31.6. The maximum Gasteiger partial charge on any atom is 0.0703 e. The number of nitrogens with zero attached hydrogens (tertiary/aromatic N) is 6. The molecule has 5 aromatic heterocycles. The first-order valence-corrected chi connectivity index (χ1v) is 31.6. The Hall–Kier alpha value is -12.4. The monoisotopic (exact) mass is 1170 g/mol. The smallest absolute Gasteiger partial charge is 0.0703 e. The fraction of sp³-hybridized carbons (Fsp3) is 0. The van der Waals surface area contributed by atoms with Gasteiger partial charge in [-0.05, 0) is 177 Å². The standard InChI is InChI=1S/C86H54N6/c1-3-21-55(22-4-1)87-47-48-88(56-23-5-2-6-24-56)86-54-74-72-50-58(92-82-38-20-14-32-70(82)76-52-60(42-46-84(76)92)90-79-35-17-11-29-67(79)68-30-12-18-36-80(68)90)40-44-64(72)63-43-39-57(49-71(63)61-25-7-8-26-62(61)73(74)53-85(86)87)91-81-37-19-13-31-69(81)75-51-59(41-45-83(75)91)89-77-33-15-9-27-65(77)66-28-10-16-34-78(66)89/h1-54H. The lowest BCUT2D eigenvalue weighted by molar-refractivity contribution is 1.01. The summed E-state index contributed by atoms with van der Waals surface area (Å²) in [5.41, 5.74) is 18.2. The van der Waals surface area contributed by atoms with Crippen molar-refractivity contribution in [1.82, 2.24) is 27.4 Å². The van der Waals surface area contributed by atoms with Crippen LogP contribution in [0.15, 0.2) is 328 Å². The Morgan fingerprint density at radius 3 is 0.707 bits per heavy atom. The maximum absolute atomic E-state index is 2.49. The van der Waals surface area contributed by atoms with E-state index in [1.54, 1.807) is 0 Å². The molecule has 0 bridgehead atoms. The van der Waals surface area contributed by atoms with E-state index in [0.29, 0.717) is 0 Å². The highest BCUT2D eigenvalue weighted by atomic mass is 15.1. The van der Waals surface area contributed by atoms with Gasteiger partial charge in [0.2, 0.25) is 0 Å². The highest BCUT2D eigenvalue weighted by Crippen LogP contribution is 2.44. The minimum atomic E-state index is 1.09. The van der Waals surface area contributed by atoms with Crippen LogP contribution >= 0.6 is 0 Å². The molecular formula is C86H54N6. The van der Waals surface area contributed by atoms with Crippen molar-refractivity contribution in [1.29, 1.82) is 0 Å². The predicted octanol–water partition coefficient (Wildman–Crippen LogP) is 22.5. The molecule has 20 rings (SSSR count). The second-order valence-corrected chi connectivity index (χ2v) is 24.4. The van der Waals surface area contributed by atoms with Crippen LogP contribution in [0.1, 0.15) is 0 Å². The van der Waals surface area contributed by atoms with Crippen molar-refractivity contribution in [2.45, 2.75) is 0 Å². The quantitative estimate of drug-likeness (QED) is 0.159. The zero-order valence-electron chi connectivity index (χ0n) is 49.9. The average Bonchev–Trinajstić information content (AvgIpc) is 1.16. The summed E-state index contributed by atoms with van der Waals surface area (Å²) in [6, 6.07) is 117. The van der Waals surface area contributed by atoms with Gasteiger partial charge in [-0.15, -0.1) is 0 Å². The second kappa shape index (κ2) is 19.6. The van der Waals surface area contributed by atoms with Gasteiger partial charge < -0.3 is 27.4 Å². The summed E-state index contributed by atoms with van der Waals surface area (Å²) in [6.07, 6.45) is 4.43. The van der Waals surface area contributed by atoms with Crippen LogP contribution in [0.5, 0.6) is 0 Å². The molecule has 15 aromatic carbocycles. The Bertz CT molecular complexity index is 6460. The molecule has 0 spiro atoms. The van der Waals surface area contributed by atoms with Gasteiger partial charge in [0.25, 0.3) is 0 Å². The number of hydrogen-bond donors (Lipinski definition) is 0. The van der Waals surface area contributed by atoms with E-state index in [9.17, 15) is 0 Å². The van der Waals surface area contributed by atoms with Crippen molar-refractivity contribution in [2.24, 2.45) is 0 Å². The Kier molecular flexibility index (Phi) is 10.8. The summed E-state index contributed by atoms with van der Waals surface area (Å²) in [5.74, 6) is 0. The SMILES string of the molecule is c1ccc(-n2ccn(-c3ccccc3)c3cc4c5cc(-n6c7ccccc7c7cc(-n8c9ccccc9c9ccccc98)ccc76)ccc5c5ccc(-n6c7ccccc7c7cc(-n8c9ccccc9c9ccccc98)ccc76)cc5c5ccccc5c4cc32)cc1. The molecule has 0 amide bonds. The van der Waals surface area contributed by atoms with Crippen LogP contribution in [0, 0.1) is 0 Å². The van der Waals surface area contributed by atoms with Crippen molar-refractivity contribution in [3.63, 3.8) is 0 Å². The Morgan fingerprint density at radius 1 is 0.130 bits per heavy atom. The average molecular weight is 1170 g/mol. The largest absolute Gasteiger partial charge is 0.314 e. The molecule has 0 saturated carbocycles. The topological polar surface area (TPSA) is 29.6 Å². The normalized spacial score (nSPS) is 12.1. The van der Waals surface area contributed by atoms with Gasteiger partial charge in [0.05, 0.1) is 55.2 Å². The highest BCUT2D eigenvalue weighted by Gasteiger charge is 2.22. The van der Waals surface area contributed by atoms with Gasteiger partial charge in [0.1, 0.15) is 0 Å². The number of benzene rings is 14. The van der Waals surface area contributed by atoms with Crippen LogP contribution < -0.4 is 0 Å². The number of rotatable bonds is 6. The molecule has 0 radical (unpaired) electrons. The van der Waals surface area contributed by atoms with Gasteiger partial charge in [-0.2, -0.15) is 0 Å². The van der Waals surface area contributed by atoms with E-state index in [1.807, 2.05) is 0 Å². The molecule has 0 aliphatic rings. The van der Waals surface area contributed by atoms with Crippen molar-refractivity contribution < 1.29 is 0 Å². The molecular weight excluding hydrogens is 1120 g/mol. The van der Waals surface area contributed by atoms with Crippen LogP contribution in [0.3, 0.4) is 0 Å². The zero-order chi connectivity index (χ0) is 60.1. The summed E-state index contributed by atoms with van der Waals surface area (Å²) in [5, 5.41) is 19.1. The fourth-order valence-corrected chi connectivity index (χ4v) is 15.7. The van der Waals surface area contributed by atoms with Gasteiger partial charge >= 0.3 is 0 Å². The zero-order valence-corrected chi connectivity index (χ0v) is 49.9. The Balaban J connectivity index is 0.879. The molecule has 0 aliphatic heterocycles. The third kappa shape index (κ3) is 7.31. The van der Waals surface area contributed by atoms with Crippen LogP contribution in [0.2, 0.25) is 0 Å². The number of aromatic nitrogens is 6. The fourth-order valence-electron chi connectivity index (χ4n) is 15.7. The van der Waals surface area contributed by atoms with Gasteiger partial charge in [0.15, 0.2) is 0 Å². The summed E-state index contributed by atoms with van der Waals surface area (Å²) in [4.78, 5) is 0. The molecule has 6 heteroatoms. The van der Waals surface area contributed by atoms with Crippen LogP contribution in [0.4, 0.5) is 0 Å². The molecule has 92 heavy (non-hydrogen) atoms. The number of hydrogen-bond acceptors (Lipinski definition) is 0. The highest BCUT2D eigenvalue weighted by molar-refractivity contribution is 6.28. The minimum Gasteiger partial charge on any atom is -0.314 e. The van der Waals surface area contributed by atoms with Crippen molar-refractivity contribution in [3.8, 4) is 34.1 Å². The predicted molar refractivity (Wildman–Crippen MR) is 388 cm³/mol. The van der Waals surface area contributed by atoms with Crippen molar-refractivity contribution >= 4 is 141 Å². The molecule has 428 valence electrons. The summed E-state index contributed by atoms with van der Waals surface area (Å²) in [7, 11) is 0. The molecule has 0 fully saturated rings. The molecule has 0 aliphatic carbocycles. The summed E-state index contributed by atoms with van der Waals surface area (Å²) >= 11 is 0. The number of fused-ring (bicyclic) bond motifs is 21. The van der Waals surface area contributed by atoms with Gasteiger partial charge in [0, 0.05) is 89.6 Å². The van der Waals surface area contributed by atoms with E-state index in [2.05, 4.69) is 355 Å². The second-order valence-electron chi connectivity index (χ2n) is 24.4. The lowest BCUT2D eigenvalue weighted by Crippen LogP contribution is -2.05. The van der Waals surface area contributed by atoms with E-state index in [4.69, 9.17) is 0 Å². The van der Waals surface area contributed by atoms with Crippen LogP contribution in [-0.2, 0) is 0 Å². The van der Waals surface area contributed by atoms with E-state index in [0.717, 1.165) is 88.8 Å². The maximum atomic E-state index is 2.49. The lowest BCUT2D eigenvalue weighted by Gasteiger charge is -2.19. The van der Waals surface area contributed by atoms with Gasteiger partial charge in [-0.25, -0.2) is 0 Å². The first kappa shape index (κ1) is 50.6. The van der Waals surface area contributed by atoms with E-state index < -0.39 is 0 Å². The van der Waals surface area contributed by atoms with E-state index in [-0.39, 0.29) is 0 Å². The van der Waals surface area contributed by atoms with Crippen LogP contribution in [-0.4, -0.2) is 27.4 Å². The Morgan fingerprint density at radius 2 is 0.359 bits per heavy atom. The number of para-hydroxylation sites is 8. The molecule has 5 heterocycles. The summed E-state index contributed by atoms with van der Waals surface area (Å²) in [6.45, 7) is 0. The molecule has 0 N–H and O–H groups in total. The van der Waals surface area contributed by atoms with Crippen molar-refractivity contribution in [2.75, 3.05) is 0 Å². The third-order valence-electron chi connectivity index (χ3n) is 19.7. The molecule has 0 atom stereocenters. The molecule has 20 aromatic rings. The Labute approximate surface area is 527 Å². The first-order chi connectivity index (χ1) is 45.7. The van der Waals surface area contributed by atoms with Gasteiger partial charge in [-0.1, -0.05) is 182 Å². The lowest BCUT2D eigenvalue weighted by atomic mass is 9.93. The minimum absolute atomic E-state index is 1.09. The van der Waals surface area contributed by atoms with Crippen LogP contribution in [0.25, 0.3) is 175 Å². The molecule has 0 saturated heterocycles. The molecule has 0 unspecified atom stereocenters. The third-order valence-corrected chi connectivity index (χ3v) is 19.7. The summed E-state index contributed by atoms with van der Waals surface area (Å²) < 4.78 is 14.5. The van der Waals surface area contributed by atoms with E-state index >= 15 is 0 Å². The van der Waals surface area contributed by atoms with Crippen molar-refractivity contribution in [3.05, 3.63) is 328 Å². The van der Waals surface area contributed by atoms with E-state index in [1.165, 1.54) is 86.7 Å². The van der Waals surface area contributed by atoms with Gasteiger partial charge in [-0.3, -0.25) is 0 Å². The molecule has 6 nitrogen and oxygen atoms in total.